The first-order chi connectivity index (χ1) is 7.11. The van der Waals surface area contributed by atoms with Crippen LogP contribution in [0.3, 0.4) is 0 Å². The van der Waals surface area contributed by atoms with Gasteiger partial charge in [0.25, 0.3) is 0 Å². The van der Waals surface area contributed by atoms with Crippen LogP contribution in [0.2, 0.25) is 0 Å². The van der Waals surface area contributed by atoms with Crippen LogP contribution >= 0.6 is 0 Å². The minimum absolute atomic E-state index is 0.115. The molecular weight excluding hydrogens is 199 g/mol. The van der Waals surface area contributed by atoms with Gasteiger partial charge in [0.1, 0.15) is 11.9 Å². The first-order valence-corrected chi connectivity index (χ1v) is 4.53. The predicted octanol–water partition coefficient (Wildman–Crippen LogP) is 0.327. The standard InChI is InChI=1S/C10H13FN2O2/c11-8-4-2-1-3-7(8)5-13-6-9(12)10(14)15/h1-4,9,13H,5-6,12H2,(H,14,15). The van der Waals surface area contributed by atoms with E-state index < -0.39 is 12.0 Å². The molecule has 0 aromatic heterocycles. The molecule has 0 amide bonds. The Hall–Kier alpha value is -1.46. The van der Waals surface area contributed by atoms with Crippen LogP contribution in [0.5, 0.6) is 0 Å². The molecule has 0 aliphatic carbocycles. The lowest BCUT2D eigenvalue weighted by atomic mass is 10.2. The number of hydrogen-bond acceptors (Lipinski definition) is 3. The van der Waals surface area contributed by atoms with Crippen LogP contribution < -0.4 is 11.1 Å². The highest BCUT2D eigenvalue weighted by Crippen LogP contribution is 2.05. The van der Waals surface area contributed by atoms with Crippen LogP contribution in [0, 0.1) is 5.82 Å². The number of aliphatic carboxylic acids is 1. The van der Waals surface area contributed by atoms with E-state index in [1.807, 2.05) is 0 Å². The molecule has 0 saturated heterocycles. The summed E-state index contributed by atoms with van der Waals surface area (Å²) in [7, 11) is 0. The smallest absolute Gasteiger partial charge is 0.321 e. The maximum Gasteiger partial charge on any atom is 0.321 e. The van der Waals surface area contributed by atoms with Crippen molar-refractivity contribution in [2.75, 3.05) is 6.54 Å². The van der Waals surface area contributed by atoms with Gasteiger partial charge in [0, 0.05) is 18.7 Å². The molecule has 1 unspecified atom stereocenters. The molecule has 0 fully saturated rings. The van der Waals surface area contributed by atoms with Gasteiger partial charge in [0.15, 0.2) is 0 Å². The summed E-state index contributed by atoms with van der Waals surface area (Å²) >= 11 is 0. The summed E-state index contributed by atoms with van der Waals surface area (Å²) in [5.41, 5.74) is 5.76. The predicted molar refractivity (Wildman–Crippen MR) is 53.7 cm³/mol. The van der Waals surface area contributed by atoms with Gasteiger partial charge in [-0.2, -0.15) is 0 Å². The average molecular weight is 212 g/mol. The van der Waals surface area contributed by atoms with Gasteiger partial charge in [-0.1, -0.05) is 18.2 Å². The molecule has 15 heavy (non-hydrogen) atoms. The van der Waals surface area contributed by atoms with Crippen LogP contribution in [0.25, 0.3) is 0 Å². The van der Waals surface area contributed by atoms with E-state index in [1.54, 1.807) is 18.2 Å². The minimum atomic E-state index is -1.07. The number of rotatable bonds is 5. The normalized spacial score (nSPS) is 12.4. The highest BCUT2D eigenvalue weighted by atomic mass is 19.1. The van der Waals surface area contributed by atoms with E-state index in [0.29, 0.717) is 5.56 Å². The van der Waals surface area contributed by atoms with E-state index in [1.165, 1.54) is 6.07 Å². The van der Waals surface area contributed by atoms with Gasteiger partial charge in [-0.25, -0.2) is 4.39 Å². The molecule has 0 radical (unpaired) electrons. The monoisotopic (exact) mass is 212 g/mol. The SMILES string of the molecule is NC(CNCc1ccccc1F)C(=O)O. The van der Waals surface area contributed by atoms with Crippen LogP contribution in [0.1, 0.15) is 5.56 Å². The van der Waals surface area contributed by atoms with Crippen LogP contribution in [-0.4, -0.2) is 23.7 Å². The van der Waals surface area contributed by atoms with Crippen molar-refractivity contribution in [1.82, 2.24) is 5.32 Å². The molecule has 0 aliphatic heterocycles. The highest BCUT2D eigenvalue weighted by Gasteiger charge is 2.10. The molecule has 1 rings (SSSR count). The average Bonchev–Trinajstić information content (AvgIpc) is 2.20. The maximum atomic E-state index is 13.1. The number of carboxylic acid groups (broad SMARTS) is 1. The first-order valence-electron chi connectivity index (χ1n) is 4.53. The van der Waals surface area contributed by atoms with Gasteiger partial charge in [-0.3, -0.25) is 4.79 Å². The third-order valence-electron chi connectivity index (χ3n) is 1.95. The lowest BCUT2D eigenvalue weighted by Crippen LogP contribution is -2.40. The molecule has 0 saturated carbocycles. The van der Waals surface area contributed by atoms with Crippen LogP contribution in [0.15, 0.2) is 24.3 Å². The summed E-state index contributed by atoms with van der Waals surface area (Å²) in [4.78, 5) is 10.4. The van der Waals surface area contributed by atoms with Crippen molar-refractivity contribution in [3.8, 4) is 0 Å². The second-order valence-electron chi connectivity index (χ2n) is 3.17. The molecule has 0 heterocycles. The van der Waals surface area contributed by atoms with E-state index in [2.05, 4.69) is 5.32 Å². The van der Waals surface area contributed by atoms with Crippen molar-refractivity contribution in [2.45, 2.75) is 12.6 Å². The van der Waals surface area contributed by atoms with Gasteiger partial charge in [0.05, 0.1) is 0 Å². The Kier molecular flexibility index (Phi) is 4.20. The van der Waals surface area contributed by atoms with Gasteiger partial charge in [-0.05, 0) is 6.07 Å². The lowest BCUT2D eigenvalue weighted by Gasteiger charge is -2.08. The summed E-state index contributed by atoms with van der Waals surface area (Å²) in [5, 5.41) is 11.3. The van der Waals surface area contributed by atoms with Gasteiger partial charge in [0.2, 0.25) is 0 Å². The van der Waals surface area contributed by atoms with Crippen LogP contribution in [-0.2, 0) is 11.3 Å². The molecule has 0 aliphatic rings. The zero-order valence-corrected chi connectivity index (χ0v) is 8.11. The Morgan fingerprint density at radius 1 is 1.53 bits per heavy atom. The maximum absolute atomic E-state index is 13.1. The Labute approximate surface area is 86.9 Å². The molecule has 0 spiro atoms. The first kappa shape index (κ1) is 11.6. The Morgan fingerprint density at radius 3 is 2.80 bits per heavy atom. The fraction of sp³-hybridized carbons (Fsp3) is 0.300. The lowest BCUT2D eigenvalue weighted by molar-refractivity contribution is -0.138. The van der Waals surface area contributed by atoms with Crippen molar-refractivity contribution in [1.29, 1.82) is 0 Å². The number of carboxylic acids is 1. The summed E-state index contributed by atoms with van der Waals surface area (Å²) in [6.45, 7) is 0.386. The fourth-order valence-electron chi connectivity index (χ4n) is 1.09. The van der Waals surface area contributed by atoms with Crippen molar-refractivity contribution in [3.05, 3.63) is 35.6 Å². The molecule has 82 valence electrons. The zero-order valence-electron chi connectivity index (χ0n) is 8.11. The van der Waals surface area contributed by atoms with E-state index in [9.17, 15) is 9.18 Å². The van der Waals surface area contributed by atoms with Gasteiger partial charge < -0.3 is 16.2 Å². The summed E-state index contributed by atoms with van der Waals surface area (Å²) in [6, 6.07) is 5.35. The molecule has 5 heteroatoms. The summed E-state index contributed by atoms with van der Waals surface area (Å²) in [6.07, 6.45) is 0. The van der Waals surface area contributed by atoms with Crippen molar-refractivity contribution in [2.24, 2.45) is 5.73 Å². The van der Waals surface area contributed by atoms with Crippen molar-refractivity contribution < 1.29 is 14.3 Å². The number of benzene rings is 1. The zero-order chi connectivity index (χ0) is 11.3. The third-order valence-corrected chi connectivity index (χ3v) is 1.95. The van der Waals surface area contributed by atoms with Gasteiger partial charge >= 0.3 is 5.97 Å². The highest BCUT2D eigenvalue weighted by molar-refractivity contribution is 5.73. The third kappa shape index (κ3) is 3.65. The van der Waals surface area contributed by atoms with Crippen molar-refractivity contribution >= 4 is 5.97 Å². The largest absolute Gasteiger partial charge is 0.480 e. The molecule has 4 nitrogen and oxygen atoms in total. The molecule has 0 bridgehead atoms. The van der Waals surface area contributed by atoms with Gasteiger partial charge in [-0.15, -0.1) is 0 Å². The number of halogens is 1. The number of hydrogen-bond donors (Lipinski definition) is 3. The topological polar surface area (TPSA) is 75.3 Å². The van der Waals surface area contributed by atoms with E-state index in [-0.39, 0.29) is 18.9 Å². The number of nitrogens with one attached hydrogen (secondary N) is 1. The molecule has 1 aromatic carbocycles. The Bertz CT molecular complexity index is 344. The second-order valence-corrected chi connectivity index (χ2v) is 3.17. The minimum Gasteiger partial charge on any atom is -0.480 e. The Morgan fingerprint density at radius 2 is 2.20 bits per heavy atom. The number of carbonyl (C=O) groups is 1. The fourth-order valence-corrected chi connectivity index (χ4v) is 1.09. The van der Waals surface area contributed by atoms with E-state index in [0.717, 1.165) is 0 Å². The second kappa shape index (κ2) is 5.43. The molecular formula is C10H13FN2O2. The van der Waals surface area contributed by atoms with E-state index in [4.69, 9.17) is 10.8 Å². The quantitative estimate of drug-likeness (QED) is 0.657. The molecule has 1 atom stereocenters. The van der Waals surface area contributed by atoms with Crippen molar-refractivity contribution in [3.63, 3.8) is 0 Å². The summed E-state index contributed by atoms with van der Waals surface area (Å²) < 4.78 is 13.1. The Balaban J connectivity index is 2.38. The molecule has 1 aromatic rings. The molecule has 4 N–H and O–H groups in total. The van der Waals surface area contributed by atoms with E-state index >= 15 is 0 Å². The summed E-state index contributed by atoms with van der Waals surface area (Å²) in [5.74, 6) is -1.38. The number of nitrogens with two attached hydrogens (primary N) is 1. The van der Waals surface area contributed by atoms with Crippen LogP contribution in [0.4, 0.5) is 4.39 Å².